The molecule has 19 heavy (non-hydrogen) atoms. The van der Waals surface area contributed by atoms with Crippen molar-refractivity contribution in [3.63, 3.8) is 0 Å². The highest BCUT2D eigenvalue weighted by Crippen LogP contribution is 1.93. The van der Waals surface area contributed by atoms with Gasteiger partial charge in [0.1, 0.15) is 0 Å². The van der Waals surface area contributed by atoms with Crippen molar-refractivity contribution in [1.82, 2.24) is 5.32 Å². The molecule has 1 N–H and O–H groups in total. The molecule has 0 rings (SSSR count). The second kappa shape index (κ2) is 15.9. The SMILES string of the molecule is CCCNC(CC)COCCOCCOCCOC. The molecule has 0 saturated heterocycles. The maximum atomic E-state index is 5.58. The van der Waals surface area contributed by atoms with E-state index in [1.165, 1.54) is 0 Å². The van der Waals surface area contributed by atoms with E-state index in [9.17, 15) is 0 Å². The van der Waals surface area contributed by atoms with Crippen molar-refractivity contribution in [2.24, 2.45) is 0 Å². The Labute approximate surface area is 117 Å². The topological polar surface area (TPSA) is 49.0 Å². The lowest BCUT2D eigenvalue weighted by molar-refractivity contribution is 0.000704. The Kier molecular flexibility index (Phi) is 15.7. The van der Waals surface area contributed by atoms with E-state index in [1.807, 2.05) is 0 Å². The Morgan fingerprint density at radius 3 is 1.95 bits per heavy atom. The number of hydrogen-bond donors (Lipinski definition) is 1. The second-order valence-electron chi connectivity index (χ2n) is 4.35. The summed E-state index contributed by atoms with van der Waals surface area (Å²) in [5.41, 5.74) is 0. The average Bonchev–Trinajstić information content (AvgIpc) is 2.44. The molecule has 0 aliphatic heterocycles. The molecule has 0 aromatic heterocycles. The molecule has 5 nitrogen and oxygen atoms in total. The van der Waals surface area contributed by atoms with Crippen molar-refractivity contribution >= 4 is 0 Å². The zero-order valence-corrected chi connectivity index (χ0v) is 12.8. The Balaban J connectivity index is 3.16. The summed E-state index contributed by atoms with van der Waals surface area (Å²) in [7, 11) is 1.66. The van der Waals surface area contributed by atoms with Crippen molar-refractivity contribution < 1.29 is 18.9 Å². The number of ether oxygens (including phenoxy) is 4. The van der Waals surface area contributed by atoms with E-state index in [1.54, 1.807) is 7.11 Å². The molecule has 0 amide bonds. The van der Waals surface area contributed by atoms with Crippen LogP contribution in [0.15, 0.2) is 0 Å². The summed E-state index contributed by atoms with van der Waals surface area (Å²) in [6.45, 7) is 9.89. The van der Waals surface area contributed by atoms with Gasteiger partial charge in [-0.25, -0.2) is 0 Å². The van der Waals surface area contributed by atoms with Gasteiger partial charge in [0, 0.05) is 13.2 Å². The van der Waals surface area contributed by atoms with E-state index in [2.05, 4.69) is 19.2 Å². The minimum absolute atomic E-state index is 0.456. The van der Waals surface area contributed by atoms with Gasteiger partial charge < -0.3 is 24.3 Å². The molecule has 116 valence electrons. The molecule has 0 radical (unpaired) electrons. The molecular formula is C14H31NO4. The summed E-state index contributed by atoms with van der Waals surface area (Å²) in [5, 5.41) is 3.45. The standard InChI is InChI=1S/C14H31NO4/c1-4-6-15-14(5-2)13-19-12-11-18-10-9-17-8-7-16-3/h14-15H,4-13H2,1-3H3. The second-order valence-corrected chi connectivity index (χ2v) is 4.35. The van der Waals surface area contributed by atoms with Crippen molar-refractivity contribution in [3.05, 3.63) is 0 Å². The minimum Gasteiger partial charge on any atom is -0.382 e. The smallest absolute Gasteiger partial charge is 0.0701 e. The van der Waals surface area contributed by atoms with Crippen LogP contribution in [0.2, 0.25) is 0 Å². The number of rotatable bonds is 15. The molecule has 1 unspecified atom stereocenters. The van der Waals surface area contributed by atoms with Crippen molar-refractivity contribution in [2.45, 2.75) is 32.7 Å². The first-order valence-electron chi connectivity index (χ1n) is 7.30. The van der Waals surface area contributed by atoms with Gasteiger partial charge in [-0.3, -0.25) is 0 Å². The van der Waals surface area contributed by atoms with E-state index in [4.69, 9.17) is 18.9 Å². The van der Waals surface area contributed by atoms with Crippen molar-refractivity contribution in [3.8, 4) is 0 Å². The number of hydrogen-bond acceptors (Lipinski definition) is 5. The molecule has 0 saturated carbocycles. The highest BCUT2D eigenvalue weighted by Gasteiger charge is 2.04. The van der Waals surface area contributed by atoms with E-state index in [-0.39, 0.29) is 0 Å². The molecule has 0 aliphatic rings. The van der Waals surface area contributed by atoms with Gasteiger partial charge in [-0.15, -0.1) is 0 Å². The van der Waals surface area contributed by atoms with Gasteiger partial charge in [-0.1, -0.05) is 13.8 Å². The van der Waals surface area contributed by atoms with Crippen LogP contribution in [0.1, 0.15) is 26.7 Å². The molecule has 0 aromatic carbocycles. The molecule has 0 bridgehead atoms. The largest absolute Gasteiger partial charge is 0.382 e. The Hall–Kier alpha value is -0.200. The van der Waals surface area contributed by atoms with E-state index < -0.39 is 0 Å². The van der Waals surface area contributed by atoms with Crippen LogP contribution >= 0.6 is 0 Å². The summed E-state index contributed by atoms with van der Waals surface area (Å²) < 4.78 is 21.1. The van der Waals surface area contributed by atoms with Crippen LogP contribution < -0.4 is 5.32 Å². The molecular weight excluding hydrogens is 246 g/mol. The fraction of sp³-hybridized carbons (Fsp3) is 1.00. The predicted octanol–water partition coefficient (Wildman–Crippen LogP) is 1.46. The van der Waals surface area contributed by atoms with Crippen LogP contribution in [-0.2, 0) is 18.9 Å². The zero-order valence-electron chi connectivity index (χ0n) is 12.8. The zero-order chi connectivity index (χ0) is 14.2. The normalized spacial score (nSPS) is 12.8. The summed E-state index contributed by atoms with van der Waals surface area (Å²) in [4.78, 5) is 0. The monoisotopic (exact) mass is 277 g/mol. The van der Waals surface area contributed by atoms with Gasteiger partial charge >= 0.3 is 0 Å². The first kappa shape index (κ1) is 18.8. The van der Waals surface area contributed by atoms with E-state index in [0.717, 1.165) is 26.0 Å². The van der Waals surface area contributed by atoms with E-state index >= 15 is 0 Å². The molecule has 0 spiro atoms. The minimum atomic E-state index is 0.456. The van der Waals surface area contributed by atoms with Gasteiger partial charge in [-0.2, -0.15) is 0 Å². The van der Waals surface area contributed by atoms with Crippen LogP contribution in [0.4, 0.5) is 0 Å². The fourth-order valence-corrected chi connectivity index (χ4v) is 1.48. The summed E-state index contributed by atoms with van der Waals surface area (Å²) in [6, 6.07) is 0.456. The highest BCUT2D eigenvalue weighted by molar-refractivity contribution is 4.62. The van der Waals surface area contributed by atoms with Gasteiger partial charge in [0.2, 0.25) is 0 Å². The van der Waals surface area contributed by atoms with Crippen LogP contribution in [0, 0.1) is 0 Å². The predicted molar refractivity (Wildman–Crippen MR) is 76.7 cm³/mol. The number of methoxy groups -OCH3 is 1. The molecule has 5 heteroatoms. The quantitative estimate of drug-likeness (QED) is 0.459. The summed E-state index contributed by atoms with van der Waals surface area (Å²) in [6.07, 6.45) is 2.25. The Bertz CT molecular complexity index is 170. The lowest BCUT2D eigenvalue weighted by Gasteiger charge is -2.16. The van der Waals surface area contributed by atoms with Crippen LogP contribution in [0.3, 0.4) is 0 Å². The highest BCUT2D eigenvalue weighted by atomic mass is 16.6. The van der Waals surface area contributed by atoms with Crippen LogP contribution in [-0.4, -0.2) is 65.9 Å². The molecule has 0 aliphatic carbocycles. The Morgan fingerprint density at radius 1 is 0.842 bits per heavy atom. The number of nitrogens with one attached hydrogen (secondary N) is 1. The van der Waals surface area contributed by atoms with Crippen molar-refractivity contribution in [2.75, 3.05) is 59.9 Å². The summed E-state index contributed by atoms with van der Waals surface area (Å²) >= 11 is 0. The van der Waals surface area contributed by atoms with Crippen LogP contribution in [0.25, 0.3) is 0 Å². The van der Waals surface area contributed by atoms with Gasteiger partial charge in [-0.05, 0) is 19.4 Å². The first-order chi connectivity index (χ1) is 9.35. The average molecular weight is 277 g/mol. The molecule has 0 heterocycles. The third kappa shape index (κ3) is 14.0. The van der Waals surface area contributed by atoms with Crippen molar-refractivity contribution in [1.29, 1.82) is 0 Å². The maximum Gasteiger partial charge on any atom is 0.0701 e. The third-order valence-electron chi connectivity index (χ3n) is 2.67. The van der Waals surface area contributed by atoms with Gasteiger partial charge in [0.15, 0.2) is 0 Å². The third-order valence-corrected chi connectivity index (χ3v) is 2.67. The lowest BCUT2D eigenvalue weighted by Crippen LogP contribution is -2.33. The lowest BCUT2D eigenvalue weighted by atomic mass is 10.2. The van der Waals surface area contributed by atoms with Gasteiger partial charge in [0.25, 0.3) is 0 Å². The van der Waals surface area contributed by atoms with Crippen LogP contribution in [0.5, 0.6) is 0 Å². The Morgan fingerprint density at radius 2 is 1.42 bits per heavy atom. The molecule has 0 fully saturated rings. The molecule has 0 aromatic rings. The molecule has 1 atom stereocenters. The summed E-state index contributed by atoms with van der Waals surface area (Å²) in [5.74, 6) is 0. The van der Waals surface area contributed by atoms with E-state index in [0.29, 0.717) is 45.7 Å². The maximum absolute atomic E-state index is 5.58. The fourth-order valence-electron chi connectivity index (χ4n) is 1.48. The van der Waals surface area contributed by atoms with Gasteiger partial charge in [0.05, 0.1) is 46.2 Å². The first-order valence-corrected chi connectivity index (χ1v) is 7.30.